The van der Waals surface area contributed by atoms with E-state index in [1.165, 1.54) is 24.5 Å². The average Bonchev–Trinajstić information content (AvgIpc) is 3.45. The van der Waals surface area contributed by atoms with Crippen LogP contribution in [0.5, 0.6) is 5.75 Å². The molecule has 0 aliphatic heterocycles. The Morgan fingerprint density at radius 2 is 2.10 bits per heavy atom. The first-order chi connectivity index (χ1) is 14.2. The predicted octanol–water partition coefficient (Wildman–Crippen LogP) is 4.18. The number of ether oxygens (including phenoxy) is 1. The summed E-state index contributed by atoms with van der Waals surface area (Å²) < 4.78 is 43.6. The number of halogens is 3. The van der Waals surface area contributed by atoms with Gasteiger partial charge in [-0.05, 0) is 44.7 Å². The second-order valence-corrected chi connectivity index (χ2v) is 7.24. The monoisotopic (exact) mass is 421 g/mol. The maximum absolute atomic E-state index is 12.7. The molecular formula is C20H22F3N5O2. The van der Waals surface area contributed by atoms with Gasteiger partial charge in [0.15, 0.2) is 0 Å². The molecule has 1 amide bonds. The number of rotatable bonds is 6. The van der Waals surface area contributed by atoms with E-state index in [9.17, 15) is 18.0 Å². The molecule has 0 saturated heterocycles. The average molecular weight is 421 g/mol. The fourth-order valence-corrected chi connectivity index (χ4v) is 3.44. The van der Waals surface area contributed by atoms with Crippen LogP contribution in [0.1, 0.15) is 49.2 Å². The number of carbonyl (C=O) groups is 1. The second kappa shape index (κ2) is 7.58. The molecule has 1 fully saturated rings. The lowest BCUT2D eigenvalue weighted by Gasteiger charge is -2.19. The Kier molecular flexibility index (Phi) is 5.08. The quantitative estimate of drug-likeness (QED) is 0.646. The number of carbonyl (C=O) groups excluding carboxylic acids is 1. The molecule has 2 aromatic heterocycles. The van der Waals surface area contributed by atoms with Crippen molar-refractivity contribution in [2.75, 3.05) is 0 Å². The van der Waals surface area contributed by atoms with Crippen molar-refractivity contribution in [3.63, 3.8) is 0 Å². The molecule has 1 aliphatic carbocycles. The third kappa shape index (κ3) is 4.22. The van der Waals surface area contributed by atoms with Crippen LogP contribution in [0.4, 0.5) is 13.2 Å². The number of hydrogen-bond donors (Lipinski definition) is 1. The van der Waals surface area contributed by atoms with Crippen LogP contribution in [0.2, 0.25) is 0 Å². The molecule has 2 heterocycles. The first kappa shape index (κ1) is 20.1. The molecule has 0 spiro atoms. The second-order valence-electron chi connectivity index (χ2n) is 7.24. The summed E-state index contributed by atoms with van der Waals surface area (Å²) in [5.41, 5.74) is 1.96. The van der Waals surface area contributed by atoms with Gasteiger partial charge in [0.05, 0.1) is 29.0 Å². The number of imidazole rings is 1. The number of nitrogens with one attached hydrogen (secondary N) is 1. The van der Waals surface area contributed by atoms with Crippen LogP contribution in [0.3, 0.4) is 0 Å². The van der Waals surface area contributed by atoms with Crippen LogP contribution in [-0.4, -0.2) is 31.8 Å². The van der Waals surface area contributed by atoms with E-state index in [-0.39, 0.29) is 30.7 Å². The molecule has 0 unspecified atom stereocenters. The maximum atomic E-state index is 12.7. The Morgan fingerprint density at radius 3 is 2.70 bits per heavy atom. The summed E-state index contributed by atoms with van der Waals surface area (Å²) >= 11 is 0. The Hall–Kier alpha value is -3.17. The third-order valence-electron chi connectivity index (χ3n) is 4.97. The van der Waals surface area contributed by atoms with Crippen molar-refractivity contribution in [2.24, 2.45) is 5.92 Å². The first-order valence-corrected chi connectivity index (χ1v) is 9.60. The van der Waals surface area contributed by atoms with Crippen molar-refractivity contribution in [1.29, 1.82) is 0 Å². The molecule has 1 aliphatic rings. The van der Waals surface area contributed by atoms with Crippen LogP contribution in [0, 0.1) is 12.8 Å². The van der Waals surface area contributed by atoms with Gasteiger partial charge in [-0.2, -0.15) is 0 Å². The molecule has 160 valence electrons. The summed E-state index contributed by atoms with van der Waals surface area (Å²) in [4.78, 5) is 25.5. The smallest absolute Gasteiger partial charge is 0.406 e. The summed E-state index contributed by atoms with van der Waals surface area (Å²) in [6, 6.07) is 3.70. The lowest BCUT2D eigenvalue weighted by Crippen LogP contribution is -2.32. The number of hydrogen-bond acceptors (Lipinski definition) is 5. The molecule has 1 aromatic carbocycles. The van der Waals surface area contributed by atoms with Gasteiger partial charge in [0, 0.05) is 20.2 Å². The molecule has 1 N–H and O–H groups in total. The van der Waals surface area contributed by atoms with Crippen LogP contribution in [-0.2, 0) is 6.54 Å². The number of aromatic nitrogens is 4. The van der Waals surface area contributed by atoms with Gasteiger partial charge in [0.2, 0.25) is 0 Å². The van der Waals surface area contributed by atoms with E-state index in [1.54, 1.807) is 13.0 Å². The molecule has 1 saturated carbocycles. The first-order valence-electron chi connectivity index (χ1n) is 9.60. The highest BCUT2D eigenvalue weighted by molar-refractivity contribution is 5.92. The Bertz CT molecular complexity index is 1080. The molecular weight excluding hydrogens is 399 g/mol. The molecule has 0 bridgehead atoms. The van der Waals surface area contributed by atoms with E-state index < -0.39 is 6.36 Å². The number of alkyl halides is 3. The van der Waals surface area contributed by atoms with Crippen LogP contribution >= 0.6 is 0 Å². The highest BCUT2D eigenvalue weighted by Gasteiger charge is 2.37. The van der Waals surface area contributed by atoms with Crippen molar-refractivity contribution >= 4 is 16.9 Å². The normalized spacial score (nSPS) is 15.2. The van der Waals surface area contributed by atoms with Crippen molar-refractivity contribution in [1.82, 2.24) is 24.8 Å². The number of amides is 1. The Morgan fingerprint density at radius 1 is 1.33 bits per heavy atom. The molecule has 7 nitrogen and oxygen atoms in total. The van der Waals surface area contributed by atoms with Gasteiger partial charge < -0.3 is 14.6 Å². The van der Waals surface area contributed by atoms with Gasteiger partial charge in [0.1, 0.15) is 17.3 Å². The summed E-state index contributed by atoms with van der Waals surface area (Å²) in [7, 11) is 0. The van der Waals surface area contributed by atoms with Gasteiger partial charge in [-0.15, -0.1) is 13.2 Å². The zero-order valence-electron chi connectivity index (χ0n) is 16.4. The molecule has 3 aromatic rings. The molecule has 10 heteroatoms. The summed E-state index contributed by atoms with van der Waals surface area (Å²) in [5, 5.41) is 2.98. The van der Waals surface area contributed by atoms with Crippen molar-refractivity contribution < 1.29 is 24.1 Å². The van der Waals surface area contributed by atoms with Crippen molar-refractivity contribution in [3.8, 4) is 5.75 Å². The molecule has 30 heavy (non-hydrogen) atoms. The van der Waals surface area contributed by atoms with Gasteiger partial charge in [0.25, 0.3) is 5.91 Å². The minimum absolute atomic E-state index is 0. The van der Waals surface area contributed by atoms with Gasteiger partial charge >= 0.3 is 6.36 Å². The number of aryl methyl sites for hydroxylation is 2. The van der Waals surface area contributed by atoms with Gasteiger partial charge in [-0.1, -0.05) is 0 Å². The highest BCUT2D eigenvalue weighted by atomic mass is 19.4. The number of nitrogens with zero attached hydrogens (tertiary/aromatic N) is 4. The zero-order chi connectivity index (χ0) is 21.5. The largest absolute Gasteiger partial charge is 0.573 e. The van der Waals surface area contributed by atoms with Gasteiger partial charge in [-0.3, -0.25) is 9.78 Å². The fraction of sp³-hybridized carbons (Fsp3) is 0.400. The predicted molar refractivity (Wildman–Crippen MR) is 104 cm³/mol. The van der Waals surface area contributed by atoms with Crippen molar-refractivity contribution in [3.05, 3.63) is 47.8 Å². The number of fused-ring (bicyclic) bond motifs is 1. The highest BCUT2D eigenvalue weighted by Crippen LogP contribution is 2.42. The third-order valence-corrected chi connectivity index (χ3v) is 4.97. The standard InChI is InChI=1S/C20H20F3N5O2.H2/c1-3-28-16-7-6-13(30-20(21,22)23)8-14(16)26-18(28)17(12-4-5-12)27-19(29)15-10-24-11(2)9-25-15;/h6-10,12,17H,3-5H2,1-2H3,(H,27,29);1H/t17-;/m0./s1. The van der Waals surface area contributed by atoms with E-state index in [0.29, 0.717) is 29.1 Å². The lowest BCUT2D eigenvalue weighted by atomic mass is 10.1. The molecule has 0 radical (unpaired) electrons. The van der Waals surface area contributed by atoms with Gasteiger partial charge in [-0.25, -0.2) is 9.97 Å². The van der Waals surface area contributed by atoms with E-state index in [1.807, 2.05) is 11.5 Å². The summed E-state index contributed by atoms with van der Waals surface area (Å²) in [6.07, 6.45) is 0.0197. The Balaban J connectivity index is 0.00000272. The topological polar surface area (TPSA) is 81.9 Å². The van der Waals surface area contributed by atoms with E-state index >= 15 is 0 Å². The minimum atomic E-state index is -4.77. The van der Waals surface area contributed by atoms with E-state index in [2.05, 4.69) is 25.0 Å². The maximum Gasteiger partial charge on any atom is 0.573 e. The fourth-order valence-electron chi connectivity index (χ4n) is 3.44. The molecule has 4 rings (SSSR count). The van der Waals surface area contributed by atoms with Crippen molar-refractivity contribution in [2.45, 2.75) is 45.6 Å². The van der Waals surface area contributed by atoms with E-state index in [4.69, 9.17) is 0 Å². The SMILES string of the molecule is CCn1c([C@@H](NC(=O)c2cnc(C)cn2)C2CC2)nc2cc(OC(F)(F)F)ccc21.[HH]. The minimum Gasteiger partial charge on any atom is -0.406 e. The molecule has 1 atom stereocenters. The summed E-state index contributed by atoms with van der Waals surface area (Å²) in [5.74, 6) is 0.118. The summed E-state index contributed by atoms with van der Waals surface area (Å²) in [6.45, 7) is 4.25. The van der Waals surface area contributed by atoms with Crippen LogP contribution in [0.25, 0.3) is 11.0 Å². The number of benzene rings is 1. The zero-order valence-corrected chi connectivity index (χ0v) is 16.4. The lowest BCUT2D eigenvalue weighted by molar-refractivity contribution is -0.274. The van der Waals surface area contributed by atoms with E-state index in [0.717, 1.165) is 12.8 Å². The van der Waals surface area contributed by atoms with Crippen LogP contribution < -0.4 is 10.1 Å². The van der Waals surface area contributed by atoms with Crippen LogP contribution in [0.15, 0.2) is 30.6 Å². The Labute approximate surface area is 171 Å².